The number of nitrogens with zero attached hydrogens (tertiary/aromatic N) is 3. The van der Waals surface area contributed by atoms with Gasteiger partial charge in [0.15, 0.2) is 5.82 Å². The highest BCUT2D eigenvalue weighted by Crippen LogP contribution is 2.29. The number of H-pyrrole nitrogens is 1. The van der Waals surface area contributed by atoms with Crippen molar-refractivity contribution in [2.75, 3.05) is 0 Å². The first kappa shape index (κ1) is 19.8. The van der Waals surface area contributed by atoms with Crippen LogP contribution in [0.25, 0.3) is 11.4 Å². The second kappa shape index (κ2) is 7.97. The van der Waals surface area contributed by atoms with Crippen molar-refractivity contribution in [3.8, 4) is 17.1 Å². The fraction of sp³-hybridized carbons (Fsp3) is 0.211. The van der Waals surface area contributed by atoms with Gasteiger partial charge in [0, 0.05) is 5.56 Å². The number of hydrogen-bond acceptors (Lipinski definition) is 4. The van der Waals surface area contributed by atoms with Crippen molar-refractivity contribution in [2.24, 2.45) is 5.10 Å². The minimum Gasteiger partial charge on any atom is -0.491 e. The molecule has 0 aliphatic heterocycles. The minimum atomic E-state index is -4.38. The Labute approximate surface area is 164 Å². The molecular weight excluding hydrogens is 389 g/mol. The molecule has 3 rings (SSSR count). The van der Waals surface area contributed by atoms with Crippen molar-refractivity contribution < 1.29 is 17.9 Å². The number of rotatable bonds is 5. The highest BCUT2D eigenvalue weighted by molar-refractivity contribution is 7.71. The Kier molecular flexibility index (Phi) is 5.64. The summed E-state index contributed by atoms with van der Waals surface area (Å²) in [5.41, 5.74) is 0.515. The zero-order chi connectivity index (χ0) is 20.3. The molecule has 28 heavy (non-hydrogen) atoms. The summed E-state index contributed by atoms with van der Waals surface area (Å²) in [4.78, 5) is 0. The van der Waals surface area contributed by atoms with Crippen molar-refractivity contribution in [2.45, 2.75) is 26.1 Å². The van der Waals surface area contributed by atoms with Crippen LogP contribution in [-0.4, -0.2) is 27.2 Å². The van der Waals surface area contributed by atoms with Crippen LogP contribution in [0.1, 0.15) is 25.0 Å². The number of aromatic amines is 1. The summed E-state index contributed by atoms with van der Waals surface area (Å²) in [6, 6.07) is 12.0. The average Bonchev–Trinajstić information content (AvgIpc) is 3.00. The third-order valence-corrected chi connectivity index (χ3v) is 3.94. The molecule has 0 aliphatic rings. The van der Waals surface area contributed by atoms with Gasteiger partial charge in [-0.05, 0) is 55.9 Å². The Morgan fingerprint density at radius 3 is 2.54 bits per heavy atom. The Morgan fingerprint density at radius 2 is 1.89 bits per heavy atom. The van der Waals surface area contributed by atoms with Crippen LogP contribution in [0.3, 0.4) is 0 Å². The van der Waals surface area contributed by atoms with Gasteiger partial charge in [0.25, 0.3) is 0 Å². The van der Waals surface area contributed by atoms with Gasteiger partial charge >= 0.3 is 6.18 Å². The van der Waals surface area contributed by atoms with E-state index in [9.17, 15) is 13.2 Å². The van der Waals surface area contributed by atoms with Crippen LogP contribution in [0.5, 0.6) is 5.75 Å². The number of benzene rings is 2. The first-order chi connectivity index (χ1) is 13.2. The van der Waals surface area contributed by atoms with E-state index in [1.165, 1.54) is 23.0 Å². The lowest BCUT2D eigenvalue weighted by atomic mass is 10.1. The fourth-order valence-corrected chi connectivity index (χ4v) is 2.63. The summed E-state index contributed by atoms with van der Waals surface area (Å²) in [6.45, 7) is 3.86. The predicted octanol–water partition coefficient (Wildman–Crippen LogP) is 5.30. The summed E-state index contributed by atoms with van der Waals surface area (Å²) in [5, 5.41) is 11.1. The SMILES string of the molecule is CC(C)Oc1cccc(-c2n[nH]c(=S)n2N=Cc2ccc(C(F)(F)F)cc2)c1. The average molecular weight is 406 g/mol. The third kappa shape index (κ3) is 4.66. The van der Waals surface area contributed by atoms with Crippen LogP contribution in [0.15, 0.2) is 53.6 Å². The van der Waals surface area contributed by atoms with E-state index in [-0.39, 0.29) is 10.9 Å². The van der Waals surface area contributed by atoms with Gasteiger partial charge in [0.2, 0.25) is 4.77 Å². The van der Waals surface area contributed by atoms with Crippen LogP contribution in [-0.2, 0) is 6.18 Å². The quantitative estimate of drug-likeness (QED) is 0.462. The molecule has 1 heterocycles. The maximum absolute atomic E-state index is 12.7. The van der Waals surface area contributed by atoms with E-state index >= 15 is 0 Å². The molecule has 0 atom stereocenters. The standard InChI is InChI=1S/C19H17F3N4OS/c1-12(2)27-16-5-3-4-14(10-16)17-24-25-18(28)26(17)23-11-13-6-8-15(9-7-13)19(20,21)22/h3-12H,1-2H3,(H,25,28). The normalized spacial score (nSPS) is 12.1. The highest BCUT2D eigenvalue weighted by atomic mass is 32.1. The van der Waals surface area contributed by atoms with E-state index in [1.54, 1.807) is 0 Å². The Hall–Kier alpha value is -2.94. The molecule has 0 amide bonds. The summed E-state index contributed by atoms with van der Waals surface area (Å²) in [5.74, 6) is 1.14. The molecule has 0 unspecified atom stereocenters. The summed E-state index contributed by atoms with van der Waals surface area (Å²) < 4.78 is 45.3. The van der Waals surface area contributed by atoms with E-state index in [2.05, 4.69) is 15.3 Å². The number of ether oxygens (including phenoxy) is 1. The molecule has 1 N–H and O–H groups in total. The third-order valence-electron chi connectivity index (χ3n) is 3.67. The van der Waals surface area contributed by atoms with Gasteiger partial charge in [-0.3, -0.25) is 0 Å². The molecule has 3 aromatic rings. The molecule has 0 bridgehead atoms. The lowest BCUT2D eigenvalue weighted by Gasteiger charge is -2.10. The van der Waals surface area contributed by atoms with Gasteiger partial charge in [-0.1, -0.05) is 24.3 Å². The summed E-state index contributed by atoms with van der Waals surface area (Å²) >= 11 is 5.21. The molecule has 0 spiro atoms. The minimum absolute atomic E-state index is 0.0220. The van der Waals surface area contributed by atoms with E-state index in [0.717, 1.165) is 17.7 Å². The largest absolute Gasteiger partial charge is 0.491 e. The fourth-order valence-electron chi connectivity index (χ4n) is 2.45. The first-order valence-electron chi connectivity index (χ1n) is 8.40. The highest BCUT2D eigenvalue weighted by Gasteiger charge is 2.29. The molecule has 2 aromatic carbocycles. The number of nitrogens with one attached hydrogen (secondary N) is 1. The van der Waals surface area contributed by atoms with E-state index in [4.69, 9.17) is 17.0 Å². The first-order valence-corrected chi connectivity index (χ1v) is 8.81. The molecular formula is C19H17F3N4OS. The van der Waals surface area contributed by atoms with Crippen molar-refractivity contribution in [1.29, 1.82) is 0 Å². The van der Waals surface area contributed by atoms with Crippen LogP contribution < -0.4 is 4.74 Å². The Bertz CT molecular complexity index is 1040. The molecule has 146 valence electrons. The zero-order valence-corrected chi connectivity index (χ0v) is 15.9. The molecule has 1 aromatic heterocycles. The zero-order valence-electron chi connectivity index (χ0n) is 15.1. The molecule has 5 nitrogen and oxygen atoms in total. The van der Waals surface area contributed by atoms with Crippen molar-refractivity contribution in [1.82, 2.24) is 14.9 Å². The van der Waals surface area contributed by atoms with Crippen molar-refractivity contribution in [3.05, 3.63) is 64.4 Å². The number of halogens is 3. The Balaban J connectivity index is 1.90. The number of hydrogen-bond donors (Lipinski definition) is 1. The molecule has 0 saturated carbocycles. The smallest absolute Gasteiger partial charge is 0.416 e. The molecule has 0 aliphatic carbocycles. The van der Waals surface area contributed by atoms with Crippen LogP contribution in [0.2, 0.25) is 0 Å². The maximum atomic E-state index is 12.7. The van der Waals surface area contributed by atoms with E-state index in [0.29, 0.717) is 17.1 Å². The van der Waals surface area contributed by atoms with E-state index < -0.39 is 11.7 Å². The van der Waals surface area contributed by atoms with Gasteiger partial charge in [-0.2, -0.15) is 28.0 Å². The van der Waals surface area contributed by atoms with Gasteiger partial charge in [-0.15, -0.1) is 0 Å². The van der Waals surface area contributed by atoms with Crippen LogP contribution in [0.4, 0.5) is 13.2 Å². The molecule has 0 fully saturated rings. The second-order valence-corrected chi connectivity index (χ2v) is 6.61. The topological polar surface area (TPSA) is 55.2 Å². The lowest BCUT2D eigenvalue weighted by molar-refractivity contribution is -0.137. The molecule has 0 radical (unpaired) electrons. The van der Waals surface area contributed by atoms with Crippen molar-refractivity contribution in [3.63, 3.8) is 0 Å². The van der Waals surface area contributed by atoms with Crippen LogP contribution in [0, 0.1) is 4.77 Å². The summed E-state index contributed by atoms with van der Waals surface area (Å²) in [7, 11) is 0. The second-order valence-electron chi connectivity index (χ2n) is 6.22. The number of alkyl halides is 3. The monoisotopic (exact) mass is 406 g/mol. The van der Waals surface area contributed by atoms with Crippen LogP contribution >= 0.6 is 12.2 Å². The van der Waals surface area contributed by atoms with Gasteiger partial charge < -0.3 is 4.74 Å². The number of aromatic nitrogens is 3. The lowest BCUT2D eigenvalue weighted by Crippen LogP contribution is -2.05. The molecule has 0 saturated heterocycles. The Morgan fingerprint density at radius 1 is 1.18 bits per heavy atom. The van der Waals surface area contributed by atoms with E-state index in [1.807, 2.05) is 38.1 Å². The molecule has 9 heteroatoms. The van der Waals surface area contributed by atoms with Gasteiger partial charge in [-0.25, -0.2) is 5.10 Å². The van der Waals surface area contributed by atoms with Gasteiger partial charge in [0.05, 0.1) is 17.9 Å². The van der Waals surface area contributed by atoms with Gasteiger partial charge in [0.1, 0.15) is 5.75 Å². The maximum Gasteiger partial charge on any atom is 0.416 e. The summed E-state index contributed by atoms with van der Waals surface area (Å²) in [6.07, 6.45) is -2.93. The predicted molar refractivity (Wildman–Crippen MR) is 103 cm³/mol. The van der Waals surface area contributed by atoms with Crippen molar-refractivity contribution >= 4 is 18.4 Å².